The summed E-state index contributed by atoms with van der Waals surface area (Å²) in [4.78, 5) is 5.07. The van der Waals surface area contributed by atoms with E-state index < -0.39 is 10.0 Å². The van der Waals surface area contributed by atoms with E-state index in [1.54, 1.807) is 0 Å². The Morgan fingerprint density at radius 1 is 0.743 bits per heavy atom. The monoisotopic (exact) mass is 478 g/mol. The lowest BCUT2D eigenvalue weighted by Gasteiger charge is -2.28. The number of nitrogens with zero attached hydrogens (tertiary/aromatic N) is 2. The van der Waals surface area contributed by atoms with Crippen LogP contribution < -0.4 is 4.31 Å². The topological polar surface area (TPSA) is 50.3 Å². The summed E-state index contributed by atoms with van der Waals surface area (Å²) in [6, 6.07) is 35.5. The number of sulfonamides is 1. The molecule has 5 rings (SSSR count). The van der Waals surface area contributed by atoms with E-state index in [9.17, 15) is 8.42 Å². The summed E-state index contributed by atoms with van der Waals surface area (Å²) in [5, 5.41) is 0.795. The summed E-state index contributed by atoms with van der Waals surface area (Å²) in [5.41, 5.74) is 6.84. The van der Waals surface area contributed by atoms with Crippen LogP contribution in [0.25, 0.3) is 33.3 Å². The van der Waals surface area contributed by atoms with Gasteiger partial charge in [0.15, 0.2) is 0 Å². The van der Waals surface area contributed by atoms with Crippen LogP contribution in [-0.4, -0.2) is 19.7 Å². The lowest BCUT2D eigenvalue weighted by atomic mass is 9.94. The smallest absolute Gasteiger partial charge is 0.232 e. The van der Waals surface area contributed by atoms with Crippen LogP contribution in [0.5, 0.6) is 0 Å². The second-order valence-corrected chi connectivity index (χ2v) is 10.6. The number of hydrogen-bond donors (Lipinski definition) is 0. The lowest BCUT2D eigenvalue weighted by molar-refractivity contribution is 0.596. The largest absolute Gasteiger partial charge is 0.265 e. The third-order valence-electron chi connectivity index (χ3n) is 6.04. The number of aromatic nitrogens is 1. The zero-order valence-corrected chi connectivity index (χ0v) is 20.5. The molecule has 5 aromatic rings. The molecule has 174 valence electrons. The van der Waals surface area contributed by atoms with Crippen LogP contribution in [-0.2, 0) is 16.6 Å². The standard InChI is InChI=1S/C30H26N2O2S/c1-22-12-11-17-25(20-22)29-28(24-15-7-4-8-16-24)30(26-18-9-10-19-27(26)31-29)32(35(2,33)34)21-23-13-5-3-6-14-23/h3-20H,21H2,1-2H3. The van der Waals surface area contributed by atoms with Crippen molar-refractivity contribution in [2.45, 2.75) is 13.5 Å². The highest BCUT2D eigenvalue weighted by molar-refractivity contribution is 7.92. The molecule has 1 aromatic heterocycles. The molecule has 0 amide bonds. The van der Waals surface area contributed by atoms with Crippen LogP contribution in [0.3, 0.4) is 0 Å². The van der Waals surface area contributed by atoms with E-state index in [4.69, 9.17) is 4.98 Å². The average molecular weight is 479 g/mol. The van der Waals surface area contributed by atoms with E-state index in [2.05, 4.69) is 6.07 Å². The van der Waals surface area contributed by atoms with Crippen molar-refractivity contribution < 1.29 is 8.42 Å². The maximum atomic E-state index is 13.4. The van der Waals surface area contributed by atoms with E-state index in [0.29, 0.717) is 5.69 Å². The summed E-state index contributed by atoms with van der Waals surface area (Å²) in [6.45, 7) is 2.27. The molecule has 0 aliphatic carbocycles. The van der Waals surface area contributed by atoms with Gasteiger partial charge in [0.25, 0.3) is 0 Å². The SMILES string of the molecule is Cc1cccc(-c2nc3ccccc3c(N(Cc3ccccc3)S(C)(=O)=O)c2-c2ccccc2)c1. The van der Waals surface area contributed by atoms with Crippen LogP contribution in [0.15, 0.2) is 109 Å². The van der Waals surface area contributed by atoms with Gasteiger partial charge in [0, 0.05) is 16.5 Å². The number of anilines is 1. The number of rotatable bonds is 6. The molecular weight excluding hydrogens is 452 g/mol. The summed E-state index contributed by atoms with van der Waals surface area (Å²) in [6.07, 6.45) is 1.27. The first-order valence-electron chi connectivity index (χ1n) is 11.5. The van der Waals surface area contributed by atoms with Crippen molar-refractivity contribution in [2.24, 2.45) is 0 Å². The molecule has 5 heteroatoms. The Hall–Kier alpha value is -3.96. The number of aryl methyl sites for hydroxylation is 1. The van der Waals surface area contributed by atoms with Gasteiger partial charge in [-0.2, -0.15) is 0 Å². The summed E-state index contributed by atoms with van der Waals surface area (Å²) in [7, 11) is -3.64. The zero-order chi connectivity index (χ0) is 24.4. The molecular formula is C30H26N2O2S. The van der Waals surface area contributed by atoms with Crippen LogP contribution in [0, 0.1) is 6.92 Å². The molecule has 0 N–H and O–H groups in total. The van der Waals surface area contributed by atoms with Crippen LogP contribution in [0.4, 0.5) is 5.69 Å². The van der Waals surface area contributed by atoms with Gasteiger partial charge < -0.3 is 0 Å². The molecule has 0 atom stereocenters. The molecule has 0 fully saturated rings. The molecule has 0 unspecified atom stereocenters. The molecule has 0 aliphatic rings. The number of fused-ring (bicyclic) bond motifs is 1. The van der Waals surface area contributed by atoms with Crippen molar-refractivity contribution in [3.8, 4) is 22.4 Å². The van der Waals surface area contributed by atoms with Gasteiger partial charge in [-0.1, -0.05) is 103 Å². The third-order valence-corrected chi connectivity index (χ3v) is 7.15. The average Bonchev–Trinajstić information content (AvgIpc) is 2.87. The van der Waals surface area contributed by atoms with Gasteiger partial charge in [-0.05, 0) is 30.2 Å². The van der Waals surface area contributed by atoms with E-state index in [1.807, 2.05) is 110 Å². The fourth-order valence-electron chi connectivity index (χ4n) is 4.44. The molecule has 4 aromatic carbocycles. The van der Waals surface area contributed by atoms with Gasteiger partial charge in [0.1, 0.15) is 0 Å². The molecule has 0 saturated carbocycles. The number of benzene rings is 4. The molecule has 0 radical (unpaired) electrons. The highest BCUT2D eigenvalue weighted by atomic mass is 32.2. The third kappa shape index (κ3) is 4.68. The molecule has 0 aliphatic heterocycles. The number of hydrogen-bond acceptors (Lipinski definition) is 3. The molecule has 0 saturated heterocycles. The Balaban J connectivity index is 1.91. The first-order chi connectivity index (χ1) is 16.9. The second kappa shape index (κ2) is 9.35. The Kier molecular flexibility index (Phi) is 6.10. The Morgan fingerprint density at radius 3 is 2.06 bits per heavy atom. The quantitative estimate of drug-likeness (QED) is 0.268. The maximum Gasteiger partial charge on any atom is 0.232 e. The van der Waals surface area contributed by atoms with Crippen LogP contribution >= 0.6 is 0 Å². The Labute approximate surface area is 206 Å². The minimum atomic E-state index is -3.64. The molecule has 0 bridgehead atoms. The molecule has 0 spiro atoms. The van der Waals surface area contributed by atoms with E-state index in [1.165, 1.54) is 10.6 Å². The number of para-hydroxylation sites is 1. The van der Waals surface area contributed by atoms with Gasteiger partial charge in [-0.3, -0.25) is 4.31 Å². The van der Waals surface area contributed by atoms with Gasteiger partial charge >= 0.3 is 0 Å². The number of pyridine rings is 1. The molecule has 1 heterocycles. The highest BCUT2D eigenvalue weighted by Gasteiger charge is 2.27. The van der Waals surface area contributed by atoms with Gasteiger partial charge in [-0.15, -0.1) is 0 Å². The van der Waals surface area contributed by atoms with Gasteiger partial charge in [0.2, 0.25) is 10.0 Å². The van der Waals surface area contributed by atoms with Crippen molar-refractivity contribution in [3.05, 3.63) is 120 Å². The molecule has 4 nitrogen and oxygen atoms in total. The van der Waals surface area contributed by atoms with Crippen molar-refractivity contribution in [2.75, 3.05) is 10.6 Å². The van der Waals surface area contributed by atoms with Crippen molar-refractivity contribution in [3.63, 3.8) is 0 Å². The second-order valence-electron chi connectivity index (χ2n) is 8.69. The lowest BCUT2D eigenvalue weighted by Crippen LogP contribution is -2.30. The van der Waals surface area contributed by atoms with E-state index in [0.717, 1.165) is 44.4 Å². The Morgan fingerprint density at radius 2 is 1.37 bits per heavy atom. The Bertz CT molecular complexity index is 1600. The minimum absolute atomic E-state index is 0.223. The van der Waals surface area contributed by atoms with Crippen molar-refractivity contribution in [1.29, 1.82) is 0 Å². The first kappa shape index (κ1) is 22.8. The first-order valence-corrected chi connectivity index (χ1v) is 13.3. The maximum absolute atomic E-state index is 13.4. The minimum Gasteiger partial charge on any atom is -0.265 e. The van der Waals surface area contributed by atoms with Crippen molar-refractivity contribution in [1.82, 2.24) is 4.98 Å². The predicted octanol–water partition coefficient (Wildman–Crippen LogP) is 6.84. The highest BCUT2D eigenvalue weighted by Crippen LogP contribution is 2.44. The molecule has 35 heavy (non-hydrogen) atoms. The van der Waals surface area contributed by atoms with Gasteiger partial charge in [-0.25, -0.2) is 13.4 Å². The summed E-state index contributed by atoms with van der Waals surface area (Å²) in [5.74, 6) is 0. The van der Waals surface area contributed by atoms with Crippen molar-refractivity contribution >= 4 is 26.6 Å². The normalized spacial score (nSPS) is 11.5. The fraction of sp³-hybridized carbons (Fsp3) is 0.100. The van der Waals surface area contributed by atoms with E-state index in [-0.39, 0.29) is 6.54 Å². The fourth-order valence-corrected chi connectivity index (χ4v) is 5.35. The zero-order valence-electron chi connectivity index (χ0n) is 19.7. The predicted molar refractivity (Wildman–Crippen MR) is 145 cm³/mol. The van der Waals surface area contributed by atoms with Crippen LogP contribution in [0.2, 0.25) is 0 Å². The summed E-state index contributed by atoms with van der Waals surface area (Å²) < 4.78 is 28.3. The van der Waals surface area contributed by atoms with Crippen LogP contribution in [0.1, 0.15) is 11.1 Å². The van der Waals surface area contributed by atoms with Gasteiger partial charge in [0.05, 0.1) is 29.7 Å². The summed E-state index contributed by atoms with van der Waals surface area (Å²) >= 11 is 0. The van der Waals surface area contributed by atoms with E-state index >= 15 is 0 Å².